The maximum absolute atomic E-state index is 2.45. The van der Waals surface area contributed by atoms with Crippen LogP contribution in [0.15, 0.2) is 0 Å². The summed E-state index contributed by atoms with van der Waals surface area (Å²) >= 11 is -0.615. The third kappa shape index (κ3) is 4.88. The molecular weight excluding hydrogens is 151 g/mol. The van der Waals surface area contributed by atoms with Crippen molar-refractivity contribution < 1.29 is 21.8 Å². The second-order valence-electron chi connectivity index (χ2n) is 1.96. The van der Waals surface area contributed by atoms with Gasteiger partial charge in [-0.15, -0.1) is 0 Å². The topological polar surface area (TPSA) is 0 Å². The van der Waals surface area contributed by atoms with E-state index in [9.17, 15) is 0 Å². The van der Waals surface area contributed by atoms with E-state index in [2.05, 4.69) is 16.2 Å². The Bertz CT molecular complexity index is 25.1. The second kappa shape index (κ2) is 4.05. The summed E-state index contributed by atoms with van der Waals surface area (Å²) in [4.78, 5) is 0. The molecule has 0 aromatic rings. The third-order valence-corrected chi connectivity index (χ3v) is 4.44. The summed E-state index contributed by atoms with van der Waals surface area (Å²) in [5, 5.41) is 0. The summed E-state index contributed by atoms with van der Waals surface area (Å²) in [6, 6.07) is 0. The van der Waals surface area contributed by atoms with Gasteiger partial charge in [0.2, 0.25) is 0 Å². The van der Waals surface area contributed by atoms with Gasteiger partial charge < -0.3 is 0 Å². The van der Waals surface area contributed by atoms with Crippen LogP contribution >= 0.6 is 0 Å². The summed E-state index contributed by atoms with van der Waals surface area (Å²) in [6.45, 7) is 2.27. The predicted octanol–water partition coefficient (Wildman–Crippen LogP) is 2.53. The molecule has 0 saturated heterocycles. The first-order chi connectivity index (χ1) is 2.77. The molecule has 0 radical (unpaired) electrons. The van der Waals surface area contributed by atoms with E-state index in [1.54, 1.807) is 4.13 Å². The van der Waals surface area contributed by atoms with E-state index in [1.807, 2.05) is 0 Å². The van der Waals surface area contributed by atoms with Crippen molar-refractivity contribution in [2.24, 2.45) is 0 Å². The summed E-state index contributed by atoms with van der Waals surface area (Å²) in [5.41, 5.74) is 0. The van der Waals surface area contributed by atoms with E-state index in [-0.39, 0.29) is 0 Å². The van der Waals surface area contributed by atoms with Crippen molar-refractivity contribution in [1.29, 1.82) is 0 Å². The summed E-state index contributed by atoms with van der Waals surface area (Å²) in [6.07, 6.45) is 1.42. The van der Waals surface area contributed by atoms with Crippen LogP contribution in [0.4, 0.5) is 0 Å². The zero-order valence-corrected chi connectivity index (χ0v) is 7.37. The quantitative estimate of drug-likeness (QED) is 0.588. The van der Waals surface area contributed by atoms with Crippen molar-refractivity contribution in [1.82, 2.24) is 0 Å². The van der Waals surface area contributed by atoms with E-state index in [4.69, 9.17) is 0 Å². The predicted molar refractivity (Wildman–Crippen MR) is 26.8 cm³/mol. The molecule has 0 saturated carbocycles. The van der Waals surface area contributed by atoms with E-state index < -0.39 is 21.8 Å². The van der Waals surface area contributed by atoms with Crippen molar-refractivity contribution in [3.05, 3.63) is 0 Å². The summed E-state index contributed by atoms with van der Waals surface area (Å²) in [7, 11) is 0. The van der Waals surface area contributed by atoms with Crippen LogP contribution in [0.25, 0.3) is 0 Å². The van der Waals surface area contributed by atoms with Crippen molar-refractivity contribution in [2.75, 3.05) is 0 Å². The van der Waals surface area contributed by atoms with Crippen molar-refractivity contribution in [2.45, 2.75) is 26.7 Å². The molecule has 0 aliphatic heterocycles. The normalized spacial score (nSPS) is 8.50. The summed E-state index contributed by atoms with van der Waals surface area (Å²) in [5.74, 6) is 0. The van der Waals surface area contributed by atoms with Crippen LogP contribution in [0.3, 0.4) is 0 Å². The SMILES string of the molecule is CC[CH2][Zr+]([CH3])[CH3]. The average molecular weight is 164 g/mol. The second-order valence-corrected chi connectivity index (χ2v) is 9.12. The maximum atomic E-state index is 2.45. The van der Waals surface area contributed by atoms with Crippen LogP contribution in [-0.4, -0.2) is 0 Å². The van der Waals surface area contributed by atoms with Gasteiger partial charge in [0.1, 0.15) is 0 Å². The molecule has 0 bridgehead atoms. The fourth-order valence-corrected chi connectivity index (χ4v) is 2.96. The summed E-state index contributed by atoms with van der Waals surface area (Å²) < 4.78 is 6.47. The Labute approximate surface area is 48.6 Å². The zero-order chi connectivity index (χ0) is 4.99. The van der Waals surface area contributed by atoms with E-state index in [1.165, 1.54) is 6.42 Å². The molecule has 0 aliphatic carbocycles. The van der Waals surface area contributed by atoms with Crippen LogP contribution in [0.1, 0.15) is 13.3 Å². The molecule has 0 nitrogen and oxygen atoms in total. The molecule has 0 fully saturated rings. The fraction of sp³-hybridized carbons (Fsp3) is 1.00. The van der Waals surface area contributed by atoms with Crippen molar-refractivity contribution in [3.63, 3.8) is 0 Å². The molecule has 0 unspecified atom stereocenters. The average Bonchev–Trinajstić information content (AvgIpc) is 1.35. The first-order valence-corrected chi connectivity index (χ1v) is 9.21. The first-order valence-electron chi connectivity index (χ1n) is 2.56. The van der Waals surface area contributed by atoms with Gasteiger partial charge in [0.15, 0.2) is 0 Å². The van der Waals surface area contributed by atoms with Crippen molar-refractivity contribution >= 4 is 0 Å². The molecule has 0 heterocycles. The number of hydrogen-bond donors (Lipinski definition) is 0. The van der Waals surface area contributed by atoms with Crippen LogP contribution < -0.4 is 0 Å². The molecule has 0 spiro atoms. The number of rotatable bonds is 2. The van der Waals surface area contributed by atoms with Gasteiger partial charge in [-0.25, -0.2) is 0 Å². The van der Waals surface area contributed by atoms with Gasteiger partial charge in [0.05, 0.1) is 0 Å². The molecular formula is C5H13Zr+. The van der Waals surface area contributed by atoms with Crippen molar-refractivity contribution in [3.8, 4) is 0 Å². The Hall–Kier alpha value is 0.883. The Morgan fingerprint density at radius 1 is 1.33 bits per heavy atom. The van der Waals surface area contributed by atoms with E-state index >= 15 is 0 Å². The van der Waals surface area contributed by atoms with Crippen LogP contribution in [0.5, 0.6) is 0 Å². The van der Waals surface area contributed by atoms with Gasteiger partial charge in [-0.2, -0.15) is 0 Å². The van der Waals surface area contributed by atoms with Crippen LogP contribution in [0.2, 0.25) is 13.4 Å². The molecule has 0 amide bonds. The zero-order valence-electron chi connectivity index (χ0n) is 4.91. The molecule has 1 heteroatoms. The minimum atomic E-state index is -0.615. The Kier molecular flexibility index (Phi) is 4.65. The van der Waals surface area contributed by atoms with Gasteiger partial charge in [-0.05, 0) is 0 Å². The molecule has 0 aromatic heterocycles. The first kappa shape index (κ1) is 6.88. The van der Waals surface area contributed by atoms with Gasteiger partial charge in [-0.3, -0.25) is 0 Å². The van der Waals surface area contributed by atoms with Gasteiger partial charge in [-0.1, -0.05) is 0 Å². The molecule has 6 heavy (non-hydrogen) atoms. The van der Waals surface area contributed by atoms with E-state index in [0.29, 0.717) is 0 Å². The minimum absolute atomic E-state index is 0.615. The Morgan fingerprint density at radius 3 is 1.83 bits per heavy atom. The molecule has 36 valence electrons. The van der Waals surface area contributed by atoms with Gasteiger partial charge >= 0.3 is 48.5 Å². The third-order valence-electron chi connectivity index (χ3n) is 0.750. The monoisotopic (exact) mass is 163 g/mol. The van der Waals surface area contributed by atoms with Crippen LogP contribution in [-0.2, 0) is 21.8 Å². The van der Waals surface area contributed by atoms with Gasteiger partial charge in [0.25, 0.3) is 0 Å². The number of hydrogen-bond acceptors (Lipinski definition) is 0. The van der Waals surface area contributed by atoms with Gasteiger partial charge in [0, 0.05) is 0 Å². The van der Waals surface area contributed by atoms with E-state index in [0.717, 1.165) is 0 Å². The molecule has 0 N–H and O–H groups in total. The Balaban J connectivity index is 2.63. The fourth-order valence-electron chi connectivity index (χ4n) is 0.500. The molecule has 0 atom stereocenters. The molecule has 0 rings (SSSR count). The Morgan fingerprint density at radius 2 is 1.83 bits per heavy atom. The molecule has 0 aromatic carbocycles. The van der Waals surface area contributed by atoms with Crippen LogP contribution in [0, 0.1) is 0 Å². The molecule has 0 aliphatic rings. The standard InChI is InChI=1S/C3H7.2CH3.Zr/c1-3-2;;;/h1,3H2,2H3;2*1H3;/q;;;+1.